The number of nitrogens with zero attached hydrogens (tertiary/aromatic N) is 3. The average Bonchev–Trinajstić information content (AvgIpc) is 3.05. The van der Waals surface area contributed by atoms with Gasteiger partial charge >= 0.3 is 0 Å². The first-order valence-electron chi connectivity index (χ1n) is 9.19. The molecule has 2 aromatic heterocycles. The molecule has 1 aliphatic rings. The molecule has 1 atom stereocenters. The van der Waals surface area contributed by atoms with Crippen molar-refractivity contribution in [3.05, 3.63) is 66.0 Å². The standard InChI is InChI=1S/C21H24N4O/c1-16-13-24(15-17-5-3-2-4-6-17)11-12-25(14-16)21(26)19-8-7-18-9-10-22-20(18)23-19/h2-10,16H,11-15H2,1H3,(H,22,23). The molecule has 3 heterocycles. The highest BCUT2D eigenvalue weighted by molar-refractivity contribution is 5.94. The average molecular weight is 348 g/mol. The molecule has 0 radical (unpaired) electrons. The summed E-state index contributed by atoms with van der Waals surface area (Å²) >= 11 is 0. The third-order valence-corrected chi connectivity index (χ3v) is 4.95. The van der Waals surface area contributed by atoms with Gasteiger partial charge in [-0.3, -0.25) is 9.69 Å². The quantitative estimate of drug-likeness (QED) is 0.791. The predicted molar refractivity (Wildman–Crippen MR) is 103 cm³/mol. The van der Waals surface area contributed by atoms with Crippen LogP contribution < -0.4 is 0 Å². The van der Waals surface area contributed by atoms with Crippen LogP contribution >= 0.6 is 0 Å². The Morgan fingerprint density at radius 2 is 1.96 bits per heavy atom. The molecule has 26 heavy (non-hydrogen) atoms. The van der Waals surface area contributed by atoms with Gasteiger partial charge in [-0.15, -0.1) is 0 Å². The van der Waals surface area contributed by atoms with Crippen LogP contribution in [0.25, 0.3) is 11.0 Å². The number of hydrogen-bond donors (Lipinski definition) is 1. The number of rotatable bonds is 3. The largest absolute Gasteiger partial charge is 0.346 e. The van der Waals surface area contributed by atoms with Crippen molar-refractivity contribution in [3.8, 4) is 0 Å². The maximum atomic E-state index is 13.0. The highest BCUT2D eigenvalue weighted by atomic mass is 16.2. The Balaban J connectivity index is 1.46. The summed E-state index contributed by atoms with van der Waals surface area (Å²) < 4.78 is 0. The van der Waals surface area contributed by atoms with E-state index in [1.165, 1.54) is 5.56 Å². The van der Waals surface area contributed by atoms with Gasteiger partial charge in [0.1, 0.15) is 11.3 Å². The van der Waals surface area contributed by atoms with E-state index in [1.54, 1.807) is 0 Å². The van der Waals surface area contributed by atoms with Crippen LogP contribution in [-0.4, -0.2) is 51.9 Å². The van der Waals surface area contributed by atoms with Gasteiger partial charge in [0, 0.05) is 44.3 Å². The molecule has 1 aromatic carbocycles. The van der Waals surface area contributed by atoms with Crippen molar-refractivity contribution in [2.75, 3.05) is 26.2 Å². The highest BCUT2D eigenvalue weighted by Gasteiger charge is 2.25. The molecule has 0 spiro atoms. The van der Waals surface area contributed by atoms with Crippen LogP contribution in [0.4, 0.5) is 0 Å². The third-order valence-electron chi connectivity index (χ3n) is 4.95. The predicted octanol–water partition coefficient (Wildman–Crippen LogP) is 3.16. The van der Waals surface area contributed by atoms with Gasteiger partial charge < -0.3 is 9.88 Å². The van der Waals surface area contributed by atoms with E-state index in [0.717, 1.165) is 43.8 Å². The summed E-state index contributed by atoms with van der Waals surface area (Å²) in [6, 6.07) is 16.3. The second-order valence-corrected chi connectivity index (χ2v) is 7.19. The van der Waals surface area contributed by atoms with Crippen LogP contribution in [0.1, 0.15) is 23.0 Å². The zero-order valence-electron chi connectivity index (χ0n) is 15.1. The molecule has 0 aliphatic carbocycles. The Labute approximate surface area is 153 Å². The Bertz CT molecular complexity index is 889. The van der Waals surface area contributed by atoms with E-state index >= 15 is 0 Å². The molecule has 134 valence electrons. The van der Waals surface area contributed by atoms with Gasteiger partial charge in [-0.25, -0.2) is 4.98 Å². The molecule has 1 aliphatic heterocycles. The molecule has 1 unspecified atom stereocenters. The molecule has 4 rings (SSSR count). The van der Waals surface area contributed by atoms with Crippen LogP contribution in [0.15, 0.2) is 54.7 Å². The molecular formula is C21H24N4O. The van der Waals surface area contributed by atoms with Crippen LogP contribution in [0.2, 0.25) is 0 Å². The minimum absolute atomic E-state index is 0.0231. The number of nitrogens with one attached hydrogen (secondary N) is 1. The van der Waals surface area contributed by atoms with Crippen molar-refractivity contribution < 1.29 is 4.79 Å². The monoisotopic (exact) mass is 348 g/mol. The Kier molecular flexibility index (Phi) is 4.71. The topological polar surface area (TPSA) is 52.2 Å². The molecule has 5 heteroatoms. The molecule has 1 saturated heterocycles. The van der Waals surface area contributed by atoms with Crippen LogP contribution in [0.5, 0.6) is 0 Å². The fourth-order valence-corrected chi connectivity index (χ4v) is 3.70. The van der Waals surface area contributed by atoms with Gasteiger partial charge in [0.25, 0.3) is 5.91 Å². The molecular weight excluding hydrogens is 324 g/mol. The first-order chi connectivity index (χ1) is 12.7. The third kappa shape index (κ3) is 3.63. The maximum Gasteiger partial charge on any atom is 0.272 e. The van der Waals surface area contributed by atoms with Gasteiger partial charge in [0.2, 0.25) is 0 Å². The van der Waals surface area contributed by atoms with Crippen molar-refractivity contribution in [2.45, 2.75) is 13.5 Å². The van der Waals surface area contributed by atoms with E-state index in [-0.39, 0.29) is 5.91 Å². The van der Waals surface area contributed by atoms with Crippen LogP contribution in [-0.2, 0) is 6.54 Å². The van der Waals surface area contributed by atoms with Gasteiger partial charge in [0.15, 0.2) is 0 Å². The van der Waals surface area contributed by atoms with Gasteiger partial charge in [0.05, 0.1) is 0 Å². The van der Waals surface area contributed by atoms with E-state index in [0.29, 0.717) is 11.6 Å². The Morgan fingerprint density at radius 1 is 1.12 bits per heavy atom. The summed E-state index contributed by atoms with van der Waals surface area (Å²) in [4.78, 5) is 24.9. The zero-order chi connectivity index (χ0) is 17.9. The second-order valence-electron chi connectivity index (χ2n) is 7.19. The van der Waals surface area contributed by atoms with Crippen LogP contribution in [0.3, 0.4) is 0 Å². The van der Waals surface area contributed by atoms with E-state index in [9.17, 15) is 4.79 Å². The molecule has 5 nitrogen and oxygen atoms in total. The number of aromatic nitrogens is 2. The number of carbonyl (C=O) groups excluding carboxylic acids is 1. The van der Waals surface area contributed by atoms with Crippen LogP contribution in [0, 0.1) is 5.92 Å². The highest BCUT2D eigenvalue weighted by Crippen LogP contribution is 2.16. The van der Waals surface area contributed by atoms with Crippen molar-refractivity contribution >= 4 is 16.9 Å². The summed E-state index contributed by atoms with van der Waals surface area (Å²) in [5, 5.41) is 1.03. The number of aromatic amines is 1. The van der Waals surface area contributed by atoms with Gasteiger partial charge in [-0.05, 0) is 29.7 Å². The van der Waals surface area contributed by atoms with E-state index in [1.807, 2.05) is 35.4 Å². The van der Waals surface area contributed by atoms with Crippen molar-refractivity contribution in [1.82, 2.24) is 19.8 Å². The van der Waals surface area contributed by atoms with Crippen molar-refractivity contribution in [3.63, 3.8) is 0 Å². The number of amides is 1. The van der Waals surface area contributed by atoms with E-state index in [4.69, 9.17) is 0 Å². The SMILES string of the molecule is CC1CN(Cc2ccccc2)CCN(C(=O)c2ccc3cc[nH]c3n2)C1. The molecule has 1 amide bonds. The number of benzene rings is 1. The van der Waals surface area contributed by atoms with Crippen molar-refractivity contribution in [1.29, 1.82) is 0 Å². The molecule has 1 N–H and O–H groups in total. The lowest BCUT2D eigenvalue weighted by atomic mass is 10.1. The lowest BCUT2D eigenvalue weighted by Gasteiger charge is -2.22. The van der Waals surface area contributed by atoms with Gasteiger partial charge in [-0.2, -0.15) is 0 Å². The summed E-state index contributed by atoms with van der Waals surface area (Å²) in [5.74, 6) is 0.453. The molecule has 0 bridgehead atoms. The van der Waals surface area contributed by atoms with Gasteiger partial charge in [-0.1, -0.05) is 37.3 Å². The Morgan fingerprint density at radius 3 is 2.81 bits per heavy atom. The minimum atomic E-state index is 0.0231. The lowest BCUT2D eigenvalue weighted by Crippen LogP contribution is -2.36. The molecule has 3 aromatic rings. The number of pyridine rings is 1. The summed E-state index contributed by atoms with van der Waals surface area (Å²) in [5.41, 5.74) is 2.60. The number of carbonyl (C=O) groups is 1. The summed E-state index contributed by atoms with van der Waals surface area (Å²) in [6.45, 7) is 6.54. The van der Waals surface area contributed by atoms with E-state index in [2.05, 4.69) is 46.1 Å². The zero-order valence-corrected chi connectivity index (χ0v) is 15.1. The molecule has 0 saturated carbocycles. The maximum absolute atomic E-state index is 13.0. The smallest absolute Gasteiger partial charge is 0.272 e. The number of hydrogen-bond acceptors (Lipinski definition) is 3. The first kappa shape index (κ1) is 16.8. The minimum Gasteiger partial charge on any atom is -0.346 e. The first-order valence-corrected chi connectivity index (χ1v) is 9.19. The summed E-state index contributed by atoms with van der Waals surface area (Å²) in [6.07, 6.45) is 1.85. The summed E-state index contributed by atoms with van der Waals surface area (Å²) in [7, 11) is 0. The fraction of sp³-hybridized carbons (Fsp3) is 0.333. The number of fused-ring (bicyclic) bond motifs is 1. The Hall–Kier alpha value is -2.66. The second kappa shape index (κ2) is 7.30. The molecule has 1 fully saturated rings. The van der Waals surface area contributed by atoms with Crippen molar-refractivity contribution in [2.24, 2.45) is 5.92 Å². The number of H-pyrrole nitrogens is 1. The normalized spacial score (nSPS) is 18.8. The fourth-order valence-electron chi connectivity index (χ4n) is 3.70. The van der Waals surface area contributed by atoms with E-state index < -0.39 is 0 Å². The lowest BCUT2D eigenvalue weighted by molar-refractivity contribution is 0.0743.